The zero-order valence-electron chi connectivity index (χ0n) is 12.2. The Labute approximate surface area is 128 Å². The predicted octanol–water partition coefficient (Wildman–Crippen LogP) is 2.27. The van der Waals surface area contributed by atoms with Crippen molar-refractivity contribution >= 4 is 12.3 Å². The van der Waals surface area contributed by atoms with Crippen molar-refractivity contribution in [3.8, 4) is 0 Å². The number of rotatable bonds is 6. The molecule has 0 aliphatic heterocycles. The molecule has 1 N–H and O–H groups in total. The zero-order valence-corrected chi connectivity index (χ0v) is 12.2. The molecule has 0 heterocycles. The molecule has 0 aromatic heterocycles. The molecule has 2 rings (SSSR count). The highest BCUT2D eigenvalue weighted by atomic mass is 19.1. The largest absolute Gasteiger partial charge is 0.343 e. The van der Waals surface area contributed by atoms with Gasteiger partial charge in [0.2, 0.25) is 12.3 Å². The van der Waals surface area contributed by atoms with Gasteiger partial charge >= 0.3 is 0 Å². The third kappa shape index (κ3) is 3.91. The lowest BCUT2D eigenvalue weighted by Crippen LogP contribution is -2.38. The van der Waals surface area contributed by atoms with Gasteiger partial charge in [0.15, 0.2) is 0 Å². The summed E-state index contributed by atoms with van der Waals surface area (Å²) in [6, 6.07) is 14.3. The number of hydrogen-bond acceptors (Lipinski definition) is 2. The minimum absolute atomic E-state index is 0.234. The van der Waals surface area contributed by atoms with Crippen molar-refractivity contribution in [3.63, 3.8) is 0 Å². The molecule has 0 saturated heterocycles. The number of hydrogen-bond donors (Lipinski definition) is 1. The molecule has 4 nitrogen and oxygen atoms in total. The highest BCUT2D eigenvalue weighted by molar-refractivity contribution is 5.84. The van der Waals surface area contributed by atoms with Crippen LogP contribution in [0.25, 0.3) is 0 Å². The molecule has 0 aliphatic rings. The maximum atomic E-state index is 12.9. The molecule has 0 radical (unpaired) electrons. The predicted molar refractivity (Wildman–Crippen MR) is 81.3 cm³/mol. The van der Waals surface area contributed by atoms with Crippen molar-refractivity contribution in [2.45, 2.75) is 12.6 Å². The summed E-state index contributed by atoms with van der Waals surface area (Å²) in [5.41, 5.74) is 1.53. The van der Waals surface area contributed by atoms with Crippen molar-refractivity contribution in [3.05, 3.63) is 71.5 Å². The lowest BCUT2D eigenvalue weighted by molar-refractivity contribution is -0.134. The van der Waals surface area contributed by atoms with E-state index < -0.39 is 6.04 Å². The molecule has 1 atom stereocenters. The Kier molecular flexibility index (Phi) is 5.25. The van der Waals surface area contributed by atoms with E-state index in [1.807, 2.05) is 18.2 Å². The van der Waals surface area contributed by atoms with E-state index in [9.17, 15) is 14.0 Å². The average molecular weight is 300 g/mol. The van der Waals surface area contributed by atoms with E-state index in [1.54, 1.807) is 31.3 Å². The maximum absolute atomic E-state index is 12.9. The Balaban J connectivity index is 2.12. The Bertz CT molecular complexity index is 629. The van der Waals surface area contributed by atoms with Crippen LogP contribution in [0.15, 0.2) is 54.6 Å². The van der Waals surface area contributed by atoms with Gasteiger partial charge in [-0.25, -0.2) is 4.39 Å². The Morgan fingerprint density at radius 1 is 1.18 bits per heavy atom. The minimum atomic E-state index is -0.732. The van der Waals surface area contributed by atoms with Gasteiger partial charge in [-0.3, -0.25) is 9.59 Å². The standard InChI is InChI=1S/C17H17FN2O2/c1-20(11-13-7-9-15(18)10-8-13)17(22)16(19-12-21)14-5-3-2-4-6-14/h2-10,12,16H,11H2,1H3,(H,19,21). The second kappa shape index (κ2) is 7.36. The average Bonchev–Trinajstić information content (AvgIpc) is 2.55. The van der Waals surface area contributed by atoms with Crippen LogP contribution in [-0.2, 0) is 16.1 Å². The summed E-state index contributed by atoms with van der Waals surface area (Å²) in [7, 11) is 1.65. The third-order valence-electron chi connectivity index (χ3n) is 3.32. The van der Waals surface area contributed by atoms with E-state index >= 15 is 0 Å². The van der Waals surface area contributed by atoms with Gasteiger partial charge in [0.1, 0.15) is 11.9 Å². The molecule has 5 heteroatoms. The van der Waals surface area contributed by atoms with E-state index in [0.717, 1.165) is 5.56 Å². The van der Waals surface area contributed by atoms with Gasteiger partial charge < -0.3 is 10.2 Å². The molecule has 22 heavy (non-hydrogen) atoms. The topological polar surface area (TPSA) is 49.4 Å². The SMILES string of the molecule is CN(Cc1ccc(F)cc1)C(=O)C(NC=O)c1ccccc1. The molecule has 2 aromatic carbocycles. The number of carbonyl (C=O) groups excluding carboxylic acids is 2. The fourth-order valence-electron chi connectivity index (χ4n) is 2.19. The van der Waals surface area contributed by atoms with E-state index in [2.05, 4.69) is 5.32 Å². The van der Waals surface area contributed by atoms with Crippen molar-refractivity contribution < 1.29 is 14.0 Å². The van der Waals surface area contributed by atoms with Gasteiger partial charge in [-0.2, -0.15) is 0 Å². The normalized spacial score (nSPS) is 11.5. The third-order valence-corrected chi connectivity index (χ3v) is 3.32. The first kappa shape index (κ1) is 15.7. The van der Waals surface area contributed by atoms with Crippen molar-refractivity contribution in [2.75, 3.05) is 7.05 Å². The van der Waals surface area contributed by atoms with Gasteiger partial charge in [-0.05, 0) is 23.3 Å². The molecule has 2 amide bonds. The number of amides is 2. The summed E-state index contributed by atoms with van der Waals surface area (Å²) in [5.74, 6) is -0.551. The summed E-state index contributed by atoms with van der Waals surface area (Å²) in [6.07, 6.45) is 0.515. The van der Waals surface area contributed by atoms with Crippen molar-refractivity contribution in [2.24, 2.45) is 0 Å². The van der Waals surface area contributed by atoms with E-state index in [4.69, 9.17) is 0 Å². The lowest BCUT2D eigenvalue weighted by Gasteiger charge is -2.23. The summed E-state index contributed by atoms with van der Waals surface area (Å²) in [6.45, 7) is 0.336. The Morgan fingerprint density at radius 2 is 1.82 bits per heavy atom. The van der Waals surface area contributed by atoms with Crippen LogP contribution in [0, 0.1) is 5.82 Å². The summed E-state index contributed by atoms with van der Waals surface area (Å²) in [4.78, 5) is 24.8. The van der Waals surface area contributed by atoms with E-state index in [0.29, 0.717) is 18.5 Å². The van der Waals surface area contributed by atoms with Crippen LogP contribution >= 0.6 is 0 Å². The molecule has 1 unspecified atom stereocenters. The molecular weight excluding hydrogens is 283 g/mol. The first-order valence-corrected chi connectivity index (χ1v) is 6.86. The monoisotopic (exact) mass is 300 g/mol. The molecule has 0 saturated carbocycles. The first-order valence-electron chi connectivity index (χ1n) is 6.86. The summed E-state index contributed by atoms with van der Waals surface area (Å²) < 4.78 is 12.9. The molecule has 0 bridgehead atoms. The number of carbonyl (C=O) groups is 2. The second-order valence-electron chi connectivity index (χ2n) is 4.95. The van der Waals surface area contributed by atoms with Crippen molar-refractivity contribution in [1.82, 2.24) is 10.2 Å². The van der Waals surface area contributed by atoms with Gasteiger partial charge in [0.25, 0.3) is 0 Å². The molecule has 0 spiro atoms. The maximum Gasteiger partial charge on any atom is 0.249 e. The quantitative estimate of drug-likeness (QED) is 0.832. The zero-order chi connectivity index (χ0) is 15.9. The molecule has 0 fully saturated rings. The van der Waals surface area contributed by atoms with E-state index in [-0.39, 0.29) is 11.7 Å². The summed E-state index contributed by atoms with van der Waals surface area (Å²) in [5, 5.41) is 2.54. The van der Waals surface area contributed by atoms with Crippen LogP contribution in [0.3, 0.4) is 0 Å². The van der Waals surface area contributed by atoms with Gasteiger partial charge in [-0.15, -0.1) is 0 Å². The number of halogens is 1. The van der Waals surface area contributed by atoms with Crippen LogP contribution in [0.2, 0.25) is 0 Å². The van der Waals surface area contributed by atoms with Crippen LogP contribution in [0.1, 0.15) is 17.2 Å². The molecule has 0 aliphatic carbocycles. The summed E-state index contributed by atoms with van der Waals surface area (Å²) >= 11 is 0. The second-order valence-corrected chi connectivity index (χ2v) is 4.95. The Morgan fingerprint density at radius 3 is 2.41 bits per heavy atom. The van der Waals surface area contributed by atoms with Crippen LogP contribution < -0.4 is 5.32 Å². The molecular formula is C17H17FN2O2. The number of nitrogens with zero attached hydrogens (tertiary/aromatic N) is 1. The highest BCUT2D eigenvalue weighted by Gasteiger charge is 2.23. The minimum Gasteiger partial charge on any atom is -0.343 e. The molecule has 114 valence electrons. The lowest BCUT2D eigenvalue weighted by atomic mass is 10.1. The number of likely N-dealkylation sites (N-methyl/N-ethyl adjacent to an activating group) is 1. The van der Waals surface area contributed by atoms with Gasteiger partial charge in [-0.1, -0.05) is 42.5 Å². The van der Waals surface area contributed by atoms with E-state index in [1.165, 1.54) is 17.0 Å². The highest BCUT2D eigenvalue weighted by Crippen LogP contribution is 2.16. The van der Waals surface area contributed by atoms with Crippen molar-refractivity contribution in [1.29, 1.82) is 0 Å². The number of nitrogens with one attached hydrogen (secondary N) is 1. The number of benzene rings is 2. The van der Waals surface area contributed by atoms with Crippen LogP contribution in [0.5, 0.6) is 0 Å². The fraction of sp³-hybridized carbons (Fsp3) is 0.176. The van der Waals surface area contributed by atoms with Crippen LogP contribution in [-0.4, -0.2) is 24.3 Å². The van der Waals surface area contributed by atoms with Crippen LogP contribution in [0.4, 0.5) is 4.39 Å². The Hall–Kier alpha value is -2.69. The van der Waals surface area contributed by atoms with Gasteiger partial charge in [0, 0.05) is 13.6 Å². The van der Waals surface area contributed by atoms with Gasteiger partial charge in [0.05, 0.1) is 0 Å². The smallest absolute Gasteiger partial charge is 0.249 e. The fourth-order valence-corrected chi connectivity index (χ4v) is 2.19. The first-order chi connectivity index (χ1) is 10.6. The molecule has 2 aromatic rings.